The molecule has 1 fully saturated rings. The molecule has 1 saturated heterocycles. The maximum atomic E-state index is 4.71. The van der Waals surface area contributed by atoms with Gasteiger partial charge < -0.3 is 10.6 Å². The van der Waals surface area contributed by atoms with Gasteiger partial charge in [0.15, 0.2) is 5.96 Å². The molecule has 22 heavy (non-hydrogen) atoms. The molecule has 2 N–H and O–H groups in total. The van der Waals surface area contributed by atoms with E-state index in [0.29, 0.717) is 6.04 Å². The van der Waals surface area contributed by atoms with Crippen LogP contribution >= 0.6 is 35.7 Å². The Morgan fingerprint density at radius 3 is 3.05 bits per heavy atom. The summed E-state index contributed by atoms with van der Waals surface area (Å²) in [6.45, 7) is 5.93. The van der Waals surface area contributed by atoms with Gasteiger partial charge in [0.1, 0.15) is 0 Å². The number of nitrogens with one attached hydrogen (secondary N) is 2. The second-order valence-corrected chi connectivity index (χ2v) is 6.52. The normalized spacial score (nSPS) is 18.5. The first-order chi connectivity index (χ1) is 10.3. The molecule has 2 rings (SSSR count). The van der Waals surface area contributed by atoms with E-state index in [0.717, 1.165) is 25.5 Å². The van der Waals surface area contributed by atoms with E-state index in [4.69, 9.17) is 4.99 Å². The molecule has 2 heterocycles. The third-order valence-corrected chi connectivity index (χ3v) is 4.85. The van der Waals surface area contributed by atoms with Crippen molar-refractivity contribution in [1.29, 1.82) is 0 Å². The van der Waals surface area contributed by atoms with Crippen LogP contribution in [0.25, 0.3) is 0 Å². The van der Waals surface area contributed by atoms with Crippen molar-refractivity contribution in [2.45, 2.75) is 39.2 Å². The largest absolute Gasteiger partial charge is 0.357 e. The average molecular weight is 434 g/mol. The number of pyridine rings is 1. The first-order valence-electron chi connectivity index (χ1n) is 7.81. The number of aliphatic imine (C=N–C) groups is 1. The summed E-state index contributed by atoms with van der Waals surface area (Å²) in [6, 6.07) is 2.65. The van der Waals surface area contributed by atoms with Crippen LogP contribution in [0.4, 0.5) is 0 Å². The van der Waals surface area contributed by atoms with Gasteiger partial charge in [-0.05, 0) is 56.1 Å². The van der Waals surface area contributed by atoms with E-state index in [1.807, 2.05) is 24.2 Å². The number of aromatic nitrogens is 1. The Kier molecular flexibility index (Phi) is 9.86. The number of halogens is 1. The summed E-state index contributed by atoms with van der Waals surface area (Å²) < 4.78 is 0. The SMILES string of the molecule is CCNC(=NCCc1ccncc1C)NC1CCCSC1.I. The molecule has 1 atom stereocenters. The molecular weight excluding hydrogens is 407 g/mol. The summed E-state index contributed by atoms with van der Waals surface area (Å²) in [4.78, 5) is 8.84. The lowest BCUT2D eigenvalue weighted by molar-refractivity contribution is 0.582. The molecule has 124 valence electrons. The lowest BCUT2D eigenvalue weighted by atomic mass is 10.1. The fourth-order valence-electron chi connectivity index (χ4n) is 2.44. The van der Waals surface area contributed by atoms with Gasteiger partial charge >= 0.3 is 0 Å². The molecule has 0 amide bonds. The minimum absolute atomic E-state index is 0. The van der Waals surface area contributed by atoms with Crippen molar-refractivity contribution in [3.8, 4) is 0 Å². The van der Waals surface area contributed by atoms with Gasteiger partial charge in [-0.15, -0.1) is 24.0 Å². The van der Waals surface area contributed by atoms with Gasteiger partial charge in [-0.1, -0.05) is 0 Å². The van der Waals surface area contributed by atoms with Crippen molar-refractivity contribution >= 4 is 41.7 Å². The fourth-order valence-corrected chi connectivity index (χ4v) is 3.51. The summed E-state index contributed by atoms with van der Waals surface area (Å²) in [6.07, 6.45) is 7.29. The molecule has 0 aromatic carbocycles. The molecular formula is C16H27IN4S. The van der Waals surface area contributed by atoms with E-state index in [2.05, 4.69) is 35.5 Å². The maximum absolute atomic E-state index is 4.71. The van der Waals surface area contributed by atoms with E-state index in [9.17, 15) is 0 Å². The highest BCUT2D eigenvalue weighted by Gasteiger charge is 2.14. The Balaban J connectivity index is 0.00000242. The topological polar surface area (TPSA) is 49.3 Å². The van der Waals surface area contributed by atoms with Crippen molar-refractivity contribution < 1.29 is 0 Å². The molecule has 1 aliphatic rings. The van der Waals surface area contributed by atoms with Crippen molar-refractivity contribution in [3.05, 3.63) is 29.6 Å². The van der Waals surface area contributed by atoms with Crippen molar-refractivity contribution in [2.24, 2.45) is 4.99 Å². The quantitative estimate of drug-likeness (QED) is 0.425. The van der Waals surface area contributed by atoms with Gasteiger partial charge in [-0.25, -0.2) is 0 Å². The number of thioether (sulfide) groups is 1. The number of aryl methyl sites for hydroxylation is 1. The van der Waals surface area contributed by atoms with Crippen LogP contribution in [0.3, 0.4) is 0 Å². The Labute approximate surface area is 155 Å². The molecule has 1 aromatic rings. The molecule has 0 saturated carbocycles. The Morgan fingerprint density at radius 2 is 2.36 bits per heavy atom. The summed E-state index contributed by atoms with van der Waals surface area (Å²) in [7, 11) is 0. The van der Waals surface area contributed by atoms with Crippen LogP contribution in [0.5, 0.6) is 0 Å². The Morgan fingerprint density at radius 1 is 1.50 bits per heavy atom. The highest BCUT2D eigenvalue weighted by Crippen LogP contribution is 2.16. The predicted octanol–water partition coefficient (Wildman–Crippen LogP) is 3.00. The molecule has 6 heteroatoms. The van der Waals surface area contributed by atoms with E-state index in [1.165, 1.54) is 35.5 Å². The molecule has 0 aliphatic carbocycles. The molecule has 4 nitrogen and oxygen atoms in total. The molecule has 0 radical (unpaired) electrons. The molecule has 1 aliphatic heterocycles. The lowest BCUT2D eigenvalue weighted by Gasteiger charge is -2.24. The smallest absolute Gasteiger partial charge is 0.191 e. The molecule has 0 spiro atoms. The maximum Gasteiger partial charge on any atom is 0.191 e. The predicted molar refractivity (Wildman–Crippen MR) is 108 cm³/mol. The number of hydrogen-bond donors (Lipinski definition) is 2. The summed E-state index contributed by atoms with van der Waals surface area (Å²) in [5, 5.41) is 6.91. The lowest BCUT2D eigenvalue weighted by Crippen LogP contribution is -2.45. The fraction of sp³-hybridized carbons (Fsp3) is 0.625. The Bertz CT molecular complexity index is 461. The third kappa shape index (κ3) is 6.73. The van der Waals surface area contributed by atoms with Crippen molar-refractivity contribution in [2.75, 3.05) is 24.6 Å². The van der Waals surface area contributed by atoms with Crippen LogP contribution in [-0.2, 0) is 6.42 Å². The third-order valence-electron chi connectivity index (χ3n) is 3.63. The molecule has 0 bridgehead atoms. The summed E-state index contributed by atoms with van der Waals surface area (Å²) in [5.74, 6) is 3.44. The van der Waals surface area contributed by atoms with Gasteiger partial charge in [0.2, 0.25) is 0 Å². The second kappa shape index (κ2) is 11.1. The highest BCUT2D eigenvalue weighted by molar-refractivity contribution is 14.0. The monoisotopic (exact) mass is 434 g/mol. The van der Waals surface area contributed by atoms with Crippen LogP contribution in [0.2, 0.25) is 0 Å². The van der Waals surface area contributed by atoms with Crippen LogP contribution in [0.15, 0.2) is 23.5 Å². The number of rotatable bonds is 5. The van der Waals surface area contributed by atoms with Crippen LogP contribution in [0, 0.1) is 6.92 Å². The zero-order chi connectivity index (χ0) is 14.9. The minimum atomic E-state index is 0. The van der Waals surface area contributed by atoms with E-state index in [1.54, 1.807) is 0 Å². The summed E-state index contributed by atoms with van der Waals surface area (Å²) >= 11 is 2.03. The van der Waals surface area contributed by atoms with E-state index >= 15 is 0 Å². The number of hydrogen-bond acceptors (Lipinski definition) is 3. The zero-order valence-corrected chi connectivity index (χ0v) is 16.6. The number of guanidine groups is 1. The first kappa shape index (κ1) is 19.5. The van der Waals surface area contributed by atoms with Crippen LogP contribution < -0.4 is 10.6 Å². The van der Waals surface area contributed by atoms with Crippen LogP contribution in [0.1, 0.15) is 30.9 Å². The van der Waals surface area contributed by atoms with Gasteiger partial charge in [0, 0.05) is 37.3 Å². The van der Waals surface area contributed by atoms with Gasteiger partial charge in [-0.3, -0.25) is 9.98 Å². The van der Waals surface area contributed by atoms with Gasteiger partial charge in [0.25, 0.3) is 0 Å². The highest BCUT2D eigenvalue weighted by atomic mass is 127. The van der Waals surface area contributed by atoms with E-state index in [-0.39, 0.29) is 24.0 Å². The second-order valence-electron chi connectivity index (χ2n) is 5.37. The zero-order valence-electron chi connectivity index (χ0n) is 13.5. The standard InChI is InChI=1S/C16H26N4S.HI/c1-3-18-16(20-15-5-4-10-21-12-15)19-9-7-14-6-8-17-11-13(14)2;/h6,8,11,15H,3-5,7,9-10,12H2,1-2H3,(H2,18,19,20);1H. The van der Waals surface area contributed by atoms with Crippen molar-refractivity contribution in [3.63, 3.8) is 0 Å². The molecule has 1 unspecified atom stereocenters. The first-order valence-corrected chi connectivity index (χ1v) is 8.97. The Hall–Kier alpha value is -0.500. The minimum Gasteiger partial charge on any atom is -0.357 e. The van der Waals surface area contributed by atoms with E-state index < -0.39 is 0 Å². The number of nitrogens with zero attached hydrogens (tertiary/aromatic N) is 2. The van der Waals surface area contributed by atoms with Crippen LogP contribution in [-0.4, -0.2) is 41.6 Å². The van der Waals surface area contributed by atoms with Gasteiger partial charge in [0.05, 0.1) is 0 Å². The average Bonchev–Trinajstić information content (AvgIpc) is 2.50. The molecule has 1 aromatic heterocycles. The summed E-state index contributed by atoms with van der Waals surface area (Å²) in [5.41, 5.74) is 2.58. The van der Waals surface area contributed by atoms with Gasteiger partial charge in [-0.2, -0.15) is 11.8 Å². The van der Waals surface area contributed by atoms with Crippen molar-refractivity contribution in [1.82, 2.24) is 15.6 Å².